The third-order valence-electron chi connectivity index (χ3n) is 7.80. The number of hydrogen-bond acceptors (Lipinski definition) is 4. The number of aliphatic hydroxyl groups is 1. The van der Waals surface area contributed by atoms with Crippen molar-refractivity contribution in [1.29, 1.82) is 0 Å². The number of anilines is 1. The second kappa shape index (κ2) is 10.8. The maximum Gasteiger partial charge on any atom is 0.283 e. The number of H-pyrrole nitrogens is 1. The lowest BCUT2D eigenvalue weighted by Gasteiger charge is -2.38. The molecule has 2 aromatic carbocycles. The number of hydrogen-bond donors (Lipinski definition) is 3. The smallest absolute Gasteiger partial charge is 0.283 e. The fraction of sp³-hybridized carbons (Fsp3) is 0.500. The molecular weight excluding hydrogens is 503 g/mol. The first-order chi connectivity index (χ1) is 18.2. The van der Waals surface area contributed by atoms with Crippen LogP contribution in [-0.4, -0.2) is 77.9 Å². The van der Waals surface area contributed by atoms with Crippen molar-refractivity contribution in [3.05, 3.63) is 64.9 Å². The monoisotopic (exact) mass is 536 g/mol. The first-order valence-electron chi connectivity index (χ1n) is 13.1. The van der Waals surface area contributed by atoms with E-state index in [0.717, 1.165) is 23.0 Å². The number of nitrogens with zero attached hydrogens (tertiary/aromatic N) is 2. The van der Waals surface area contributed by atoms with Gasteiger partial charge in [0.1, 0.15) is 18.2 Å². The van der Waals surface area contributed by atoms with E-state index in [1.807, 2.05) is 31.2 Å². The van der Waals surface area contributed by atoms with Crippen molar-refractivity contribution in [3.8, 4) is 0 Å². The van der Waals surface area contributed by atoms with Crippen LogP contribution in [0.15, 0.2) is 36.4 Å². The molecule has 0 radical (unpaired) electrons. The Labute approximate surface area is 218 Å². The number of aliphatic hydroxyl groups excluding tert-OH is 1. The molecule has 3 atom stereocenters. The van der Waals surface area contributed by atoms with Gasteiger partial charge in [0.2, 0.25) is 0 Å². The molecule has 0 saturated carbocycles. The van der Waals surface area contributed by atoms with Crippen molar-refractivity contribution in [2.45, 2.75) is 37.8 Å². The molecular formula is C28H33F5N4O. The van der Waals surface area contributed by atoms with Gasteiger partial charge in [-0.15, -0.1) is 0 Å². The van der Waals surface area contributed by atoms with E-state index in [1.54, 1.807) is 0 Å². The summed E-state index contributed by atoms with van der Waals surface area (Å²) in [5, 5.41) is 13.3. The quantitative estimate of drug-likeness (QED) is 0.333. The summed E-state index contributed by atoms with van der Waals surface area (Å²) in [6.45, 7) is 1.64. The van der Waals surface area contributed by atoms with Gasteiger partial charge in [0.05, 0.1) is 19.3 Å². The van der Waals surface area contributed by atoms with Gasteiger partial charge in [-0.05, 0) is 42.5 Å². The van der Waals surface area contributed by atoms with Crippen LogP contribution in [0.25, 0.3) is 10.9 Å². The van der Waals surface area contributed by atoms with Crippen molar-refractivity contribution in [1.82, 2.24) is 14.8 Å². The number of para-hydroxylation sites is 1. The van der Waals surface area contributed by atoms with Gasteiger partial charge in [-0.3, -0.25) is 9.29 Å². The van der Waals surface area contributed by atoms with Gasteiger partial charge in [-0.2, -0.15) is 0 Å². The molecule has 10 heteroatoms. The van der Waals surface area contributed by atoms with Crippen LogP contribution >= 0.6 is 0 Å². The van der Waals surface area contributed by atoms with Crippen LogP contribution in [0.1, 0.15) is 36.2 Å². The summed E-state index contributed by atoms with van der Waals surface area (Å²) in [6, 6.07) is 8.70. The van der Waals surface area contributed by atoms with Crippen LogP contribution in [0.3, 0.4) is 0 Å². The standard InChI is InChI=1S/C28H33F5N4O/c1-17-13-36(9-4-8-29)14-24(17)34-18-11-21(30)25(22(31)12-18)27-26-20(19-5-2-3-6-23(19)35-26)7-10-37(27)15-28(32,33)16-38/h2-3,5-6,11-12,17,24,27,34-35,38H,4,7-10,13-16H2,1H3. The second-order valence-electron chi connectivity index (χ2n) is 10.6. The number of halogens is 5. The van der Waals surface area contributed by atoms with Crippen LogP contribution in [0.4, 0.5) is 27.6 Å². The van der Waals surface area contributed by atoms with E-state index in [1.165, 1.54) is 17.0 Å². The fourth-order valence-corrected chi connectivity index (χ4v) is 6.00. The van der Waals surface area contributed by atoms with E-state index in [0.29, 0.717) is 31.6 Å². The maximum absolute atomic E-state index is 15.7. The summed E-state index contributed by atoms with van der Waals surface area (Å²) in [6.07, 6.45) is 0.874. The second-order valence-corrected chi connectivity index (χ2v) is 10.6. The normalized spacial score (nSPS) is 22.8. The van der Waals surface area contributed by atoms with Crippen LogP contribution in [-0.2, 0) is 6.42 Å². The first kappa shape index (κ1) is 26.9. The van der Waals surface area contributed by atoms with Gasteiger partial charge in [0.25, 0.3) is 5.92 Å². The van der Waals surface area contributed by atoms with E-state index < -0.39 is 36.8 Å². The Morgan fingerprint density at radius 2 is 1.87 bits per heavy atom. The molecule has 0 bridgehead atoms. The number of rotatable bonds is 9. The number of alkyl halides is 3. The van der Waals surface area contributed by atoms with Gasteiger partial charge in [0, 0.05) is 60.1 Å². The van der Waals surface area contributed by atoms with Crippen molar-refractivity contribution in [3.63, 3.8) is 0 Å². The fourth-order valence-electron chi connectivity index (χ4n) is 6.00. The zero-order valence-electron chi connectivity index (χ0n) is 21.3. The summed E-state index contributed by atoms with van der Waals surface area (Å²) < 4.78 is 72.7. The first-order valence-corrected chi connectivity index (χ1v) is 13.1. The zero-order chi connectivity index (χ0) is 27.0. The zero-order valence-corrected chi connectivity index (χ0v) is 21.3. The molecule has 38 heavy (non-hydrogen) atoms. The lowest BCUT2D eigenvalue weighted by atomic mass is 9.91. The number of aromatic nitrogens is 1. The molecule has 1 fully saturated rings. The average molecular weight is 537 g/mol. The van der Waals surface area contributed by atoms with Crippen LogP contribution < -0.4 is 5.32 Å². The highest BCUT2D eigenvalue weighted by molar-refractivity contribution is 5.85. The molecule has 0 amide bonds. The SMILES string of the molecule is CC1CN(CCCF)CC1Nc1cc(F)c(C2c3[nH]c4ccccc4c3CCN2CC(F)(F)CO)c(F)c1. The van der Waals surface area contributed by atoms with Crippen molar-refractivity contribution < 1.29 is 27.1 Å². The van der Waals surface area contributed by atoms with Crippen LogP contribution in [0.2, 0.25) is 0 Å². The molecule has 0 aliphatic carbocycles. The Morgan fingerprint density at radius 1 is 1.13 bits per heavy atom. The molecule has 2 aliphatic heterocycles. The average Bonchev–Trinajstić information content (AvgIpc) is 3.43. The molecule has 5 rings (SSSR count). The topological polar surface area (TPSA) is 54.5 Å². The number of likely N-dealkylation sites (tertiary alicyclic amines) is 1. The Hall–Kier alpha value is -2.69. The summed E-state index contributed by atoms with van der Waals surface area (Å²) >= 11 is 0. The highest BCUT2D eigenvalue weighted by Crippen LogP contribution is 2.42. The van der Waals surface area contributed by atoms with Gasteiger partial charge in [0.15, 0.2) is 0 Å². The Kier molecular flexibility index (Phi) is 7.66. The Balaban J connectivity index is 1.49. The molecule has 3 unspecified atom stereocenters. The molecule has 3 N–H and O–H groups in total. The largest absolute Gasteiger partial charge is 0.390 e. The van der Waals surface area contributed by atoms with E-state index in [-0.39, 0.29) is 36.4 Å². The summed E-state index contributed by atoms with van der Waals surface area (Å²) in [5.41, 5.74) is 2.07. The van der Waals surface area contributed by atoms with Crippen LogP contribution in [0, 0.1) is 17.6 Å². The third kappa shape index (κ3) is 5.26. The summed E-state index contributed by atoms with van der Waals surface area (Å²) in [7, 11) is 0. The van der Waals surface area contributed by atoms with E-state index >= 15 is 8.78 Å². The molecule has 3 aromatic rings. The number of benzene rings is 2. The minimum atomic E-state index is -3.43. The van der Waals surface area contributed by atoms with Gasteiger partial charge < -0.3 is 20.3 Å². The van der Waals surface area contributed by atoms with Gasteiger partial charge in [-0.25, -0.2) is 17.6 Å². The number of aromatic amines is 1. The molecule has 0 spiro atoms. The van der Waals surface area contributed by atoms with E-state index in [9.17, 15) is 18.3 Å². The molecule has 2 aliphatic rings. The molecule has 5 nitrogen and oxygen atoms in total. The lowest BCUT2D eigenvalue weighted by Crippen LogP contribution is -2.45. The van der Waals surface area contributed by atoms with E-state index in [2.05, 4.69) is 15.2 Å². The molecule has 206 valence electrons. The lowest BCUT2D eigenvalue weighted by molar-refractivity contribution is -0.0791. The maximum atomic E-state index is 15.7. The highest BCUT2D eigenvalue weighted by atomic mass is 19.3. The van der Waals surface area contributed by atoms with Crippen LogP contribution in [0.5, 0.6) is 0 Å². The predicted octanol–water partition coefficient (Wildman–Crippen LogP) is 5.11. The Morgan fingerprint density at radius 3 is 2.58 bits per heavy atom. The summed E-state index contributed by atoms with van der Waals surface area (Å²) in [5.74, 6) is -4.89. The third-order valence-corrected chi connectivity index (χ3v) is 7.80. The number of fused-ring (bicyclic) bond motifs is 3. The van der Waals surface area contributed by atoms with Gasteiger partial charge >= 0.3 is 0 Å². The molecule has 1 aromatic heterocycles. The van der Waals surface area contributed by atoms with Crippen molar-refractivity contribution >= 4 is 16.6 Å². The molecule has 3 heterocycles. The van der Waals surface area contributed by atoms with Crippen molar-refractivity contribution in [2.75, 3.05) is 51.3 Å². The van der Waals surface area contributed by atoms with Gasteiger partial charge in [-0.1, -0.05) is 25.1 Å². The van der Waals surface area contributed by atoms with Crippen molar-refractivity contribution in [2.24, 2.45) is 5.92 Å². The number of nitrogens with one attached hydrogen (secondary N) is 2. The predicted molar refractivity (Wildman–Crippen MR) is 137 cm³/mol. The highest BCUT2D eigenvalue weighted by Gasteiger charge is 2.41. The minimum absolute atomic E-state index is 0.0611. The molecule has 1 saturated heterocycles. The van der Waals surface area contributed by atoms with E-state index in [4.69, 9.17) is 0 Å². The minimum Gasteiger partial charge on any atom is -0.390 e. The Bertz CT molecular complexity index is 1260. The summed E-state index contributed by atoms with van der Waals surface area (Å²) in [4.78, 5) is 6.69.